The lowest BCUT2D eigenvalue weighted by Gasteiger charge is -2.13. The molecule has 0 bridgehead atoms. The zero-order chi connectivity index (χ0) is 17.5. The highest BCUT2D eigenvalue weighted by molar-refractivity contribution is 6.16. The van der Waals surface area contributed by atoms with E-state index in [2.05, 4.69) is 0 Å². The van der Waals surface area contributed by atoms with Gasteiger partial charge in [-0.25, -0.2) is 5.48 Å². The summed E-state index contributed by atoms with van der Waals surface area (Å²) in [5.41, 5.74) is 9.81. The van der Waals surface area contributed by atoms with Gasteiger partial charge >= 0.3 is 0 Å². The summed E-state index contributed by atoms with van der Waals surface area (Å²) in [6, 6.07) is 17.5. The van der Waals surface area contributed by atoms with Gasteiger partial charge in [-0.05, 0) is 17.7 Å². The maximum atomic E-state index is 11.6. The molecular weight excluding hydrogens is 304 g/mol. The highest BCUT2D eigenvalue weighted by atomic mass is 16.5. The molecule has 0 spiro atoms. The van der Waals surface area contributed by atoms with Gasteiger partial charge in [0.2, 0.25) is 5.91 Å². The second-order valence-corrected chi connectivity index (χ2v) is 5.04. The van der Waals surface area contributed by atoms with Gasteiger partial charge in [-0.15, -0.1) is 0 Å². The minimum absolute atomic E-state index is 0.0250. The van der Waals surface area contributed by atoms with Crippen molar-refractivity contribution in [2.45, 2.75) is 6.42 Å². The van der Waals surface area contributed by atoms with Crippen molar-refractivity contribution in [3.8, 4) is 6.07 Å². The van der Waals surface area contributed by atoms with Crippen LogP contribution in [0.2, 0.25) is 0 Å². The van der Waals surface area contributed by atoms with Crippen molar-refractivity contribution < 1.29 is 10.0 Å². The Kier molecular flexibility index (Phi) is 5.45. The number of benzene rings is 2. The second-order valence-electron chi connectivity index (χ2n) is 5.04. The maximum Gasteiger partial charge on any atom is 0.247 e. The SMILES string of the molecule is N#Cc1cccc(C(=N)/C(CC(=O)NO)=C(\N)c2ccccc2)c1. The molecule has 0 heterocycles. The molecular formula is C18H16N4O2. The van der Waals surface area contributed by atoms with E-state index in [9.17, 15) is 4.79 Å². The van der Waals surface area contributed by atoms with Crippen LogP contribution in [-0.4, -0.2) is 16.8 Å². The van der Waals surface area contributed by atoms with Crippen molar-refractivity contribution in [1.82, 2.24) is 5.48 Å². The van der Waals surface area contributed by atoms with Crippen molar-refractivity contribution in [3.05, 3.63) is 76.9 Å². The van der Waals surface area contributed by atoms with E-state index in [1.165, 1.54) is 0 Å². The van der Waals surface area contributed by atoms with Crippen molar-refractivity contribution in [2.24, 2.45) is 5.73 Å². The van der Waals surface area contributed by atoms with Crippen LogP contribution < -0.4 is 11.2 Å². The molecule has 0 aliphatic heterocycles. The average molecular weight is 320 g/mol. The van der Waals surface area contributed by atoms with Crippen LogP contribution in [0.25, 0.3) is 5.70 Å². The molecule has 0 fully saturated rings. The van der Waals surface area contributed by atoms with Gasteiger partial charge in [0.25, 0.3) is 0 Å². The Labute approximate surface area is 139 Å². The number of nitrogens with zero attached hydrogens (tertiary/aromatic N) is 1. The third-order valence-electron chi connectivity index (χ3n) is 3.45. The van der Waals surface area contributed by atoms with E-state index >= 15 is 0 Å². The Bertz CT molecular complexity index is 836. The lowest BCUT2D eigenvalue weighted by molar-refractivity contribution is -0.128. The van der Waals surface area contributed by atoms with Gasteiger partial charge in [-0.1, -0.05) is 42.5 Å². The van der Waals surface area contributed by atoms with E-state index in [0.29, 0.717) is 16.7 Å². The molecule has 0 unspecified atom stereocenters. The van der Waals surface area contributed by atoms with Crippen LogP contribution in [0.15, 0.2) is 60.2 Å². The molecule has 2 aromatic rings. The van der Waals surface area contributed by atoms with Crippen LogP contribution in [-0.2, 0) is 4.79 Å². The van der Waals surface area contributed by atoms with Crippen molar-refractivity contribution >= 4 is 17.3 Å². The largest absolute Gasteiger partial charge is 0.398 e. The van der Waals surface area contributed by atoms with Gasteiger partial charge in [-0.3, -0.25) is 15.4 Å². The number of nitrogens with two attached hydrogens (primary N) is 1. The number of rotatable bonds is 5. The molecule has 2 rings (SSSR count). The lowest BCUT2D eigenvalue weighted by atomic mass is 9.94. The average Bonchev–Trinajstić information content (AvgIpc) is 2.65. The number of carbonyl (C=O) groups is 1. The molecule has 6 nitrogen and oxygen atoms in total. The van der Waals surface area contributed by atoms with E-state index in [1.807, 2.05) is 12.1 Å². The van der Waals surface area contributed by atoms with Gasteiger partial charge in [0.05, 0.1) is 23.8 Å². The third-order valence-corrected chi connectivity index (χ3v) is 3.45. The van der Waals surface area contributed by atoms with Gasteiger partial charge in [0, 0.05) is 16.8 Å². The maximum absolute atomic E-state index is 11.6. The summed E-state index contributed by atoms with van der Waals surface area (Å²) in [5, 5.41) is 26.2. The first-order valence-electron chi connectivity index (χ1n) is 7.13. The van der Waals surface area contributed by atoms with E-state index < -0.39 is 5.91 Å². The summed E-state index contributed by atoms with van der Waals surface area (Å²) in [6.45, 7) is 0. The summed E-state index contributed by atoms with van der Waals surface area (Å²) in [4.78, 5) is 11.6. The standard InChI is InChI=1S/C18H16N4O2/c19-11-12-5-4-8-14(9-12)18(21)15(10-16(23)22-24)17(20)13-6-2-1-3-7-13/h1-9,21,24H,10,20H2,(H,22,23)/b17-15-,21-18?. The van der Waals surface area contributed by atoms with E-state index in [0.717, 1.165) is 0 Å². The predicted molar refractivity (Wildman–Crippen MR) is 90.1 cm³/mol. The van der Waals surface area contributed by atoms with Crippen LogP contribution in [0.3, 0.4) is 0 Å². The van der Waals surface area contributed by atoms with Crippen molar-refractivity contribution in [3.63, 3.8) is 0 Å². The Balaban J connectivity index is 2.52. The fourth-order valence-electron chi connectivity index (χ4n) is 2.23. The normalized spacial score (nSPS) is 11.2. The Morgan fingerprint density at radius 3 is 2.46 bits per heavy atom. The van der Waals surface area contributed by atoms with Crippen LogP contribution >= 0.6 is 0 Å². The fraction of sp³-hybridized carbons (Fsp3) is 0.0556. The topological polar surface area (TPSA) is 123 Å². The zero-order valence-electron chi connectivity index (χ0n) is 12.8. The number of nitriles is 1. The first-order valence-corrected chi connectivity index (χ1v) is 7.13. The molecule has 120 valence electrons. The summed E-state index contributed by atoms with van der Waals surface area (Å²) < 4.78 is 0. The van der Waals surface area contributed by atoms with E-state index in [-0.39, 0.29) is 23.4 Å². The number of hydrogen-bond donors (Lipinski definition) is 4. The number of carbonyl (C=O) groups excluding carboxylic acids is 1. The van der Waals surface area contributed by atoms with Gasteiger partial charge in [0.15, 0.2) is 0 Å². The molecule has 1 amide bonds. The van der Waals surface area contributed by atoms with Gasteiger partial charge < -0.3 is 5.73 Å². The molecule has 2 aromatic carbocycles. The molecule has 0 aromatic heterocycles. The number of hydrogen-bond acceptors (Lipinski definition) is 5. The van der Waals surface area contributed by atoms with E-state index in [1.54, 1.807) is 54.0 Å². The number of nitrogens with one attached hydrogen (secondary N) is 2. The minimum Gasteiger partial charge on any atom is -0.398 e. The van der Waals surface area contributed by atoms with E-state index in [4.69, 9.17) is 21.6 Å². The Morgan fingerprint density at radius 2 is 1.83 bits per heavy atom. The smallest absolute Gasteiger partial charge is 0.247 e. The summed E-state index contributed by atoms with van der Waals surface area (Å²) in [7, 11) is 0. The molecule has 5 N–H and O–H groups in total. The molecule has 0 saturated heterocycles. The highest BCUT2D eigenvalue weighted by Crippen LogP contribution is 2.21. The van der Waals surface area contributed by atoms with Crippen molar-refractivity contribution in [2.75, 3.05) is 0 Å². The lowest BCUT2D eigenvalue weighted by Crippen LogP contribution is -2.23. The highest BCUT2D eigenvalue weighted by Gasteiger charge is 2.17. The summed E-state index contributed by atoms with van der Waals surface area (Å²) >= 11 is 0. The van der Waals surface area contributed by atoms with Crippen LogP contribution in [0.5, 0.6) is 0 Å². The molecule has 24 heavy (non-hydrogen) atoms. The van der Waals surface area contributed by atoms with Gasteiger partial charge in [-0.2, -0.15) is 5.26 Å². The summed E-state index contributed by atoms with van der Waals surface area (Å²) in [5.74, 6) is -0.676. The van der Waals surface area contributed by atoms with Crippen LogP contribution in [0, 0.1) is 16.7 Å². The first-order chi connectivity index (χ1) is 11.6. The van der Waals surface area contributed by atoms with Gasteiger partial charge in [0.1, 0.15) is 0 Å². The molecule has 0 aliphatic carbocycles. The third kappa shape index (κ3) is 3.85. The fourth-order valence-corrected chi connectivity index (χ4v) is 2.23. The predicted octanol–water partition coefficient (Wildman–Crippen LogP) is 2.19. The molecule has 6 heteroatoms. The Morgan fingerprint density at radius 1 is 1.17 bits per heavy atom. The first kappa shape index (κ1) is 16.9. The van der Waals surface area contributed by atoms with Crippen LogP contribution in [0.4, 0.5) is 0 Å². The molecule has 0 radical (unpaired) electrons. The number of amides is 1. The van der Waals surface area contributed by atoms with Crippen LogP contribution in [0.1, 0.15) is 23.1 Å². The summed E-state index contributed by atoms with van der Waals surface area (Å²) in [6.07, 6.45) is -0.257. The van der Waals surface area contributed by atoms with Crippen molar-refractivity contribution in [1.29, 1.82) is 10.7 Å². The monoisotopic (exact) mass is 320 g/mol. The Hall–Kier alpha value is -3.43. The molecule has 0 atom stereocenters. The molecule has 0 aliphatic rings. The number of hydroxylamine groups is 1. The minimum atomic E-state index is -0.676. The molecule has 0 saturated carbocycles. The zero-order valence-corrected chi connectivity index (χ0v) is 12.8. The quantitative estimate of drug-likeness (QED) is 0.383. The second kappa shape index (κ2) is 7.72.